The Morgan fingerprint density at radius 3 is 2.85 bits per heavy atom. The summed E-state index contributed by atoms with van der Waals surface area (Å²) in [5.74, 6) is 1.29. The highest BCUT2D eigenvalue weighted by Gasteiger charge is 2.25. The fraction of sp³-hybridized carbons (Fsp3) is 0.364. The smallest absolute Gasteiger partial charge is 0.222 e. The predicted octanol–water partition coefficient (Wildman–Crippen LogP) is 4.14. The van der Waals surface area contributed by atoms with Crippen molar-refractivity contribution in [1.29, 1.82) is 0 Å². The Balaban J connectivity index is 1.38. The monoisotopic (exact) mass is 347 g/mol. The second-order valence-corrected chi connectivity index (χ2v) is 7.20. The van der Waals surface area contributed by atoms with Gasteiger partial charge in [0.2, 0.25) is 5.91 Å². The zero-order valence-corrected chi connectivity index (χ0v) is 15.3. The van der Waals surface area contributed by atoms with Crippen LogP contribution in [0.25, 0.3) is 10.8 Å². The van der Waals surface area contributed by atoms with Crippen LogP contribution in [0.1, 0.15) is 36.7 Å². The van der Waals surface area contributed by atoms with E-state index in [4.69, 9.17) is 0 Å². The van der Waals surface area contributed by atoms with Crippen molar-refractivity contribution in [2.45, 2.75) is 38.6 Å². The van der Waals surface area contributed by atoms with Crippen molar-refractivity contribution in [3.8, 4) is 0 Å². The Labute approximate surface area is 154 Å². The van der Waals surface area contributed by atoms with Gasteiger partial charge in [0.1, 0.15) is 5.82 Å². The molecule has 1 aliphatic heterocycles. The van der Waals surface area contributed by atoms with Crippen molar-refractivity contribution in [3.05, 3.63) is 66.2 Å². The fourth-order valence-electron chi connectivity index (χ4n) is 3.99. The molecule has 1 aliphatic rings. The van der Waals surface area contributed by atoms with Crippen LogP contribution in [0.15, 0.2) is 54.9 Å². The first-order valence-corrected chi connectivity index (χ1v) is 9.45. The molecule has 0 saturated carbocycles. The highest BCUT2D eigenvalue weighted by molar-refractivity contribution is 5.83. The van der Waals surface area contributed by atoms with Crippen LogP contribution in [0.4, 0.5) is 0 Å². The molecule has 4 heteroatoms. The molecule has 26 heavy (non-hydrogen) atoms. The van der Waals surface area contributed by atoms with Crippen molar-refractivity contribution in [2.75, 3.05) is 13.1 Å². The van der Waals surface area contributed by atoms with Crippen LogP contribution >= 0.6 is 0 Å². The Kier molecular flexibility index (Phi) is 4.74. The number of hydrogen-bond acceptors (Lipinski definition) is 2. The lowest BCUT2D eigenvalue weighted by Gasteiger charge is -2.34. The highest BCUT2D eigenvalue weighted by atomic mass is 16.2. The number of amides is 1. The van der Waals surface area contributed by atoms with Gasteiger partial charge in [-0.25, -0.2) is 4.98 Å². The molecule has 4 rings (SSSR count). The van der Waals surface area contributed by atoms with Gasteiger partial charge in [-0.2, -0.15) is 0 Å². The molecule has 2 heterocycles. The summed E-state index contributed by atoms with van der Waals surface area (Å²) in [6.07, 6.45) is 7.43. The lowest BCUT2D eigenvalue weighted by molar-refractivity contribution is -0.132. The number of carbonyl (C=O) groups excluding carboxylic acids is 1. The predicted molar refractivity (Wildman–Crippen MR) is 104 cm³/mol. The summed E-state index contributed by atoms with van der Waals surface area (Å²) in [6.45, 7) is 3.70. The molecule has 134 valence electrons. The molecule has 0 N–H and O–H groups in total. The molecule has 1 atom stereocenters. The number of piperidine rings is 1. The Hall–Kier alpha value is -2.62. The zero-order valence-electron chi connectivity index (χ0n) is 15.3. The number of fused-ring (bicyclic) bond motifs is 1. The second kappa shape index (κ2) is 7.32. The molecule has 4 nitrogen and oxygen atoms in total. The molecule has 0 radical (unpaired) electrons. The number of aromatic nitrogens is 2. The maximum atomic E-state index is 12.7. The summed E-state index contributed by atoms with van der Waals surface area (Å²) < 4.78 is 2.21. The van der Waals surface area contributed by atoms with Crippen molar-refractivity contribution >= 4 is 16.7 Å². The van der Waals surface area contributed by atoms with Gasteiger partial charge in [-0.1, -0.05) is 42.5 Å². The van der Waals surface area contributed by atoms with E-state index in [9.17, 15) is 4.79 Å². The number of aryl methyl sites for hydroxylation is 2. The number of imidazole rings is 1. The molecule has 2 aromatic carbocycles. The van der Waals surface area contributed by atoms with E-state index in [0.29, 0.717) is 12.5 Å². The Morgan fingerprint density at radius 1 is 1.19 bits per heavy atom. The van der Waals surface area contributed by atoms with Gasteiger partial charge in [0.05, 0.1) is 6.04 Å². The van der Waals surface area contributed by atoms with Crippen LogP contribution in [0.3, 0.4) is 0 Å². The van der Waals surface area contributed by atoms with Gasteiger partial charge in [0.15, 0.2) is 0 Å². The van der Waals surface area contributed by atoms with Crippen LogP contribution in [-0.2, 0) is 11.2 Å². The molecule has 3 aromatic rings. The Bertz CT molecular complexity index is 914. The van der Waals surface area contributed by atoms with E-state index < -0.39 is 0 Å². The minimum absolute atomic E-state index is 0.264. The maximum absolute atomic E-state index is 12.7. The van der Waals surface area contributed by atoms with Crippen molar-refractivity contribution in [2.24, 2.45) is 0 Å². The van der Waals surface area contributed by atoms with Gasteiger partial charge in [-0.05, 0) is 42.5 Å². The second-order valence-electron chi connectivity index (χ2n) is 7.20. The standard InChI is InChI=1S/C22H25N3O/c1-17-23-12-14-25(17)21-7-4-13-24(16-21)22(26)11-9-18-8-10-19-5-2-3-6-20(19)15-18/h2-3,5-6,8,10,12,14-15,21H,4,7,9,11,13,16H2,1H3. The molecular weight excluding hydrogens is 322 g/mol. The fourth-order valence-corrected chi connectivity index (χ4v) is 3.99. The first kappa shape index (κ1) is 16.8. The van der Waals surface area contributed by atoms with Gasteiger partial charge in [0, 0.05) is 31.9 Å². The SMILES string of the molecule is Cc1nccn1C1CCCN(C(=O)CCc2ccc3ccccc3c2)C1. The summed E-state index contributed by atoms with van der Waals surface area (Å²) in [5, 5.41) is 2.49. The number of nitrogens with zero attached hydrogens (tertiary/aromatic N) is 3. The van der Waals surface area contributed by atoms with Gasteiger partial charge in [-0.15, -0.1) is 0 Å². The van der Waals surface area contributed by atoms with E-state index >= 15 is 0 Å². The van der Waals surface area contributed by atoms with Crippen LogP contribution in [0.5, 0.6) is 0 Å². The minimum Gasteiger partial charge on any atom is -0.341 e. The topological polar surface area (TPSA) is 38.1 Å². The third kappa shape index (κ3) is 3.50. The summed E-state index contributed by atoms with van der Waals surface area (Å²) >= 11 is 0. The lowest BCUT2D eigenvalue weighted by atomic mass is 10.0. The average Bonchev–Trinajstić information content (AvgIpc) is 3.12. The maximum Gasteiger partial charge on any atom is 0.222 e. The number of carbonyl (C=O) groups is 1. The first-order chi connectivity index (χ1) is 12.7. The molecule has 1 aromatic heterocycles. The molecule has 1 fully saturated rings. The number of likely N-dealkylation sites (tertiary alicyclic amines) is 1. The summed E-state index contributed by atoms with van der Waals surface area (Å²) in [4.78, 5) is 19.1. The van der Waals surface area contributed by atoms with Gasteiger partial charge < -0.3 is 9.47 Å². The highest BCUT2D eigenvalue weighted by Crippen LogP contribution is 2.23. The third-order valence-electron chi connectivity index (χ3n) is 5.45. The van der Waals surface area contributed by atoms with Crippen LogP contribution in [0, 0.1) is 6.92 Å². The average molecular weight is 347 g/mol. The summed E-state index contributed by atoms with van der Waals surface area (Å²) in [5.41, 5.74) is 1.23. The lowest BCUT2D eigenvalue weighted by Crippen LogP contribution is -2.40. The van der Waals surface area contributed by atoms with Gasteiger partial charge >= 0.3 is 0 Å². The van der Waals surface area contributed by atoms with Gasteiger partial charge in [-0.3, -0.25) is 4.79 Å². The Morgan fingerprint density at radius 2 is 2.04 bits per heavy atom. The first-order valence-electron chi connectivity index (χ1n) is 9.45. The molecule has 1 unspecified atom stereocenters. The van der Waals surface area contributed by atoms with Crippen LogP contribution in [0.2, 0.25) is 0 Å². The number of benzene rings is 2. The van der Waals surface area contributed by atoms with Crippen molar-refractivity contribution < 1.29 is 4.79 Å². The normalized spacial score (nSPS) is 17.6. The van der Waals surface area contributed by atoms with Crippen molar-refractivity contribution in [1.82, 2.24) is 14.5 Å². The molecule has 1 saturated heterocycles. The van der Waals surface area contributed by atoms with E-state index in [1.54, 1.807) is 0 Å². The van der Waals surface area contributed by atoms with E-state index in [0.717, 1.165) is 38.2 Å². The summed E-state index contributed by atoms with van der Waals surface area (Å²) in [7, 11) is 0. The molecule has 0 bridgehead atoms. The molecule has 1 amide bonds. The molecule has 0 aliphatic carbocycles. The minimum atomic E-state index is 0.264. The molecular formula is C22H25N3O. The number of hydrogen-bond donors (Lipinski definition) is 0. The largest absolute Gasteiger partial charge is 0.341 e. The van der Waals surface area contributed by atoms with E-state index in [1.807, 2.05) is 24.2 Å². The third-order valence-corrected chi connectivity index (χ3v) is 5.45. The molecule has 0 spiro atoms. The summed E-state index contributed by atoms with van der Waals surface area (Å²) in [6, 6.07) is 15.2. The van der Waals surface area contributed by atoms with Gasteiger partial charge in [0.25, 0.3) is 0 Å². The van der Waals surface area contributed by atoms with Crippen LogP contribution < -0.4 is 0 Å². The van der Waals surface area contributed by atoms with Crippen molar-refractivity contribution in [3.63, 3.8) is 0 Å². The number of rotatable bonds is 4. The zero-order chi connectivity index (χ0) is 17.9. The van der Waals surface area contributed by atoms with E-state index in [2.05, 4.69) is 52.0 Å². The van der Waals surface area contributed by atoms with Crippen LogP contribution in [-0.4, -0.2) is 33.4 Å². The quantitative estimate of drug-likeness (QED) is 0.711. The van der Waals surface area contributed by atoms with E-state index in [-0.39, 0.29) is 5.91 Å². The van der Waals surface area contributed by atoms with E-state index in [1.165, 1.54) is 16.3 Å².